The summed E-state index contributed by atoms with van der Waals surface area (Å²) >= 11 is 0. The SMILES string of the molecule is Cc1cc(NC(=O)N2C3CCC2CC2(C3)CC2(F)F)nnc1C. The number of aromatic nitrogens is 2. The van der Waals surface area contributed by atoms with Crippen molar-refractivity contribution in [2.24, 2.45) is 5.41 Å². The van der Waals surface area contributed by atoms with Crippen molar-refractivity contribution in [2.75, 3.05) is 5.32 Å². The number of anilines is 1. The molecule has 124 valence electrons. The summed E-state index contributed by atoms with van der Waals surface area (Å²) in [7, 11) is 0. The van der Waals surface area contributed by atoms with Gasteiger partial charge in [-0.3, -0.25) is 5.32 Å². The lowest BCUT2D eigenvalue weighted by atomic mass is 9.87. The normalized spacial score (nSPS) is 33.8. The van der Waals surface area contributed by atoms with Crippen molar-refractivity contribution < 1.29 is 13.6 Å². The van der Waals surface area contributed by atoms with Crippen LogP contribution in [-0.4, -0.2) is 39.1 Å². The zero-order chi connectivity index (χ0) is 16.4. The molecule has 1 N–H and O–H groups in total. The Morgan fingerprint density at radius 2 is 1.87 bits per heavy atom. The minimum Gasteiger partial charge on any atom is -0.318 e. The number of rotatable bonds is 1. The molecule has 3 fully saturated rings. The molecular formula is C16H20F2N4O. The Kier molecular flexibility index (Phi) is 2.96. The summed E-state index contributed by atoms with van der Waals surface area (Å²) in [5, 5.41) is 10.8. The van der Waals surface area contributed by atoms with Gasteiger partial charge in [0.1, 0.15) is 0 Å². The highest BCUT2D eigenvalue weighted by atomic mass is 19.3. The molecule has 0 aromatic carbocycles. The number of hydrogen-bond donors (Lipinski definition) is 1. The van der Waals surface area contributed by atoms with Gasteiger partial charge in [0.25, 0.3) is 5.92 Å². The Morgan fingerprint density at radius 3 is 2.39 bits per heavy atom. The first-order chi connectivity index (χ1) is 10.8. The van der Waals surface area contributed by atoms with Crippen molar-refractivity contribution in [3.05, 3.63) is 17.3 Å². The molecule has 2 saturated heterocycles. The molecule has 2 aliphatic heterocycles. The van der Waals surface area contributed by atoms with Gasteiger partial charge in [0, 0.05) is 23.9 Å². The van der Waals surface area contributed by atoms with Crippen LogP contribution in [0.3, 0.4) is 0 Å². The molecule has 1 aromatic rings. The highest BCUT2D eigenvalue weighted by Crippen LogP contribution is 2.69. The van der Waals surface area contributed by atoms with Gasteiger partial charge in [-0.05, 0) is 51.2 Å². The van der Waals surface area contributed by atoms with Crippen molar-refractivity contribution in [2.45, 2.75) is 64.0 Å². The second-order valence-corrected chi connectivity index (χ2v) is 7.29. The molecule has 7 heteroatoms. The first-order valence-corrected chi connectivity index (χ1v) is 8.09. The molecule has 2 atom stereocenters. The summed E-state index contributed by atoms with van der Waals surface area (Å²) in [6.45, 7) is 3.76. The quantitative estimate of drug-likeness (QED) is 0.863. The number of urea groups is 1. The van der Waals surface area contributed by atoms with Crippen LogP contribution in [0.15, 0.2) is 6.07 Å². The van der Waals surface area contributed by atoms with Gasteiger partial charge in [0.2, 0.25) is 0 Å². The van der Waals surface area contributed by atoms with E-state index in [0.717, 1.165) is 24.1 Å². The van der Waals surface area contributed by atoms with Crippen LogP contribution in [0.4, 0.5) is 19.4 Å². The second kappa shape index (κ2) is 4.61. The minimum atomic E-state index is -2.53. The van der Waals surface area contributed by atoms with Crippen LogP contribution in [0.25, 0.3) is 0 Å². The predicted molar refractivity (Wildman–Crippen MR) is 80.4 cm³/mol. The molecule has 3 heterocycles. The van der Waals surface area contributed by atoms with Crippen molar-refractivity contribution in [3.8, 4) is 0 Å². The number of fused-ring (bicyclic) bond motifs is 2. The Morgan fingerprint density at radius 1 is 1.26 bits per heavy atom. The largest absolute Gasteiger partial charge is 0.323 e. The number of hydrogen-bond acceptors (Lipinski definition) is 3. The van der Waals surface area contributed by atoms with Gasteiger partial charge in [0.15, 0.2) is 5.82 Å². The molecule has 2 unspecified atom stereocenters. The van der Waals surface area contributed by atoms with Crippen molar-refractivity contribution in [1.82, 2.24) is 15.1 Å². The number of carbonyl (C=O) groups is 1. The fraction of sp³-hybridized carbons (Fsp3) is 0.688. The molecule has 2 amide bonds. The van der Waals surface area contributed by atoms with Gasteiger partial charge in [-0.15, -0.1) is 5.10 Å². The summed E-state index contributed by atoms with van der Waals surface area (Å²) in [4.78, 5) is 14.3. The lowest BCUT2D eigenvalue weighted by Crippen LogP contribution is -2.50. The topological polar surface area (TPSA) is 58.1 Å². The predicted octanol–water partition coefficient (Wildman–Crippen LogP) is 3.28. The summed E-state index contributed by atoms with van der Waals surface area (Å²) in [5.74, 6) is -2.12. The van der Waals surface area contributed by atoms with Gasteiger partial charge in [-0.25, -0.2) is 13.6 Å². The summed E-state index contributed by atoms with van der Waals surface area (Å²) in [6, 6.07) is 1.37. The molecule has 23 heavy (non-hydrogen) atoms. The van der Waals surface area contributed by atoms with E-state index in [1.54, 1.807) is 11.0 Å². The van der Waals surface area contributed by atoms with E-state index >= 15 is 0 Å². The maximum atomic E-state index is 13.7. The Labute approximate surface area is 133 Å². The summed E-state index contributed by atoms with van der Waals surface area (Å²) in [5.41, 5.74) is 0.933. The van der Waals surface area contributed by atoms with E-state index in [-0.39, 0.29) is 24.5 Å². The zero-order valence-electron chi connectivity index (χ0n) is 13.3. The lowest BCUT2D eigenvalue weighted by Gasteiger charge is -2.39. The van der Waals surface area contributed by atoms with Crippen molar-refractivity contribution >= 4 is 11.8 Å². The average Bonchev–Trinajstić information content (AvgIpc) is 2.85. The Bertz CT molecular complexity index is 664. The van der Waals surface area contributed by atoms with E-state index < -0.39 is 11.3 Å². The number of halogens is 2. The first kappa shape index (κ1) is 14.8. The van der Waals surface area contributed by atoms with Crippen LogP contribution < -0.4 is 5.32 Å². The Balaban J connectivity index is 1.49. The number of carbonyl (C=O) groups excluding carboxylic acids is 1. The van der Waals surface area contributed by atoms with Gasteiger partial charge in [0.05, 0.1) is 5.69 Å². The van der Waals surface area contributed by atoms with Crippen molar-refractivity contribution in [3.63, 3.8) is 0 Å². The minimum absolute atomic E-state index is 0.00884. The van der Waals surface area contributed by atoms with E-state index in [0.29, 0.717) is 18.7 Å². The third-order valence-electron chi connectivity index (χ3n) is 5.79. The number of nitrogens with one attached hydrogen (secondary N) is 1. The van der Waals surface area contributed by atoms with Crippen LogP contribution in [0.1, 0.15) is 43.4 Å². The van der Waals surface area contributed by atoms with E-state index in [9.17, 15) is 13.6 Å². The fourth-order valence-corrected chi connectivity index (χ4v) is 4.28. The molecule has 1 aliphatic carbocycles. The van der Waals surface area contributed by atoms with Crippen molar-refractivity contribution in [1.29, 1.82) is 0 Å². The number of piperidine rings is 1. The van der Waals surface area contributed by atoms with E-state index in [2.05, 4.69) is 15.5 Å². The molecule has 5 nitrogen and oxygen atoms in total. The number of aryl methyl sites for hydroxylation is 2. The maximum Gasteiger partial charge on any atom is 0.323 e. The fourth-order valence-electron chi connectivity index (χ4n) is 4.28. The molecule has 3 aliphatic rings. The number of alkyl halides is 2. The van der Waals surface area contributed by atoms with Gasteiger partial charge >= 0.3 is 6.03 Å². The van der Waals surface area contributed by atoms with Gasteiger partial charge in [-0.1, -0.05) is 0 Å². The van der Waals surface area contributed by atoms with E-state index in [1.165, 1.54) is 0 Å². The average molecular weight is 322 g/mol. The van der Waals surface area contributed by atoms with Crippen LogP contribution >= 0.6 is 0 Å². The Hall–Kier alpha value is -1.79. The monoisotopic (exact) mass is 322 g/mol. The number of nitrogens with zero attached hydrogens (tertiary/aromatic N) is 3. The van der Waals surface area contributed by atoms with Crippen LogP contribution in [0.2, 0.25) is 0 Å². The highest BCUT2D eigenvalue weighted by Gasteiger charge is 2.74. The van der Waals surface area contributed by atoms with E-state index in [1.807, 2.05) is 13.8 Å². The molecule has 4 rings (SSSR count). The third kappa shape index (κ3) is 2.20. The van der Waals surface area contributed by atoms with Crippen LogP contribution in [0, 0.1) is 19.3 Å². The second-order valence-electron chi connectivity index (χ2n) is 7.29. The molecule has 2 bridgehead atoms. The molecular weight excluding hydrogens is 302 g/mol. The standard InChI is InChI=1S/C16H20F2N4O/c1-9-5-13(21-20-10(9)2)19-14(23)22-11-3-4-12(22)7-15(6-11)8-16(15,17)18/h5,11-12H,3-4,6-8H2,1-2H3,(H,19,21,23). The third-order valence-corrected chi connectivity index (χ3v) is 5.79. The summed E-state index contributed by atoms with van der Waals surface area (Å²) in [6.07, 6.45) is 2.46. The first-order valence-electron chi connectivity index (χ1n) is 8.09. The smallest absolute Gasteiger partial charge is 0.318 e. The molecule has 1 spiro atoms. The van der Waals surface area contributed by atoms with E-state index in [4.69, 9.17) is 0 Å². The molecule has 1 aromatic heterocycles. The number of amides is 2. The lowest BCUT2D eigenvalue weighted by molar-refractivity contribution is 0.0186. The van der Waals surface area contributed by atoms with Crippen LogP contribution in [0.5, 0.6) is 0 Å². The summed E-state index contributed by atoms with van der Waals surface area (Å²) < 4.78 is 27.3. The maximum absolute atomic E-state index is 13.7. The van der Waals surface area contributed by atoms with Crippen LogP contribution in [-0.2, 0) is 0 Å². The molecule has 0 radical (unpaired) electrons. The van der Waals surface area contributed by atoms with Gasteiger partial charge in [-0.2, -0.15) is 5.10 Å². The zero-order valence-corrected chi connectivity index (χ0v) is 13.3. The van der Waals surface area contributed by atoms with Gasteiger partial charge < -0.3 is 4.90 Å². The highest BCUT2D eigenvalue weighted by molar-refractivity contribution is 5.89. The molecule has 1 saturated carbocycles.